The van der Waals surface area contributed by atoms with Crippen molar-refractivity contribution in [3.8, 4) is 0 Å². The van der Waals surface area contributed by atoms with E-state index in [1.54, 1.807) is 37.3 Å². The molecule has 3 rings (SSSR count). The highest BCUT2D eigenvalue weighted by molar-refractivity contribution is 6.08. The van der Waals surface area contributed by atoms with Gasteiger partial charge in [0.2, 0.25) is 0 Å². The number of rotatable bonds is 7. The molecule has 30 heavy (non-hydrogen) atoms. The van der Waals surface area contributed by atoms with Crippen molar-refractivity contribution in [3.05, 3.63) is 71.8 Å². The average molecular weight is 409 g/mol. The van der Waals surface area contributed by atoms with Crippen molar-refractivity contribution in [2.75, 3.05) is 6.54 Å². The van der Waals surface area contributed by atoms with Gasteiger partial charge in [0.15, 0.2) is 6.10 Å². The number of ether oxygens (including phenoxy) is 1. The topological polar surface area (TPSA) is 105 Å². The third-order valence-electron chi connectivity index (χ3n) is 4.90. The largest absolute Gasteiger partial charge is 0.451 e. The minimum Gasteiger partial charge on any atom is -0.451 e. The quantitative estimate of drug-likeness (QED) is 0.535. The van der Waals surface area contributed by atoms with Crippen molar-refractivity contribution in [3.63, 3.8) is 0 Å². The lowest BCUT2D eigenvalue weighted by Crippen LogP contribution is -2.42. The van der Waals surface area contributed by atoms with E-state index in [1.807, 2.05) is 30.3 Å². The number of carbonyl (C=O) groups is 4. The van der Waals surface area contributed by atoms with Gasteiger partial charge in [0.1, 0.15) is 12.1 Å². The maximum Gasteiger partial charge on any atom is 0.327 e. The second-order valence-corrected chi connectivity index (χ2v) is 7.15. The fraction of sp³-hybridized carbons (Fsp3) is 0.273. The maximum atomic E-state index is 12.8. The van der Waals surface area contributed by atoms with Crippen LogP contribution in [0.15, 0.2) is 60.7 Å². The van der Waals surface area contributed by atoms with Gasteiger partial charge in [0, 0.05) is 6.54 Å². The van der Waals surface area contributed by atoms with Crippen LogP contribution in [-0.2, 0) is 31.2 Å². The van der Waals surface area contributed by atoms with Gasteiger partial charge in [-0.05, 0) is 25.0 Å². The molecule has 2 N–H and O–H groups in total. The Morgan fingerprint density at radius 3 is 2.30 bits per heavy atom. The van der Waals surface area contributed by atoms with Crippen LogP contribution in [0.1, 0.15) is 25.0 Å². The molecule has 0 radical (unpaired) electrons. The first-order valence-electron chi connectivity index (χ1n) is 9.52. The summed E-state index contributed by atoms with van der Waals surface area (Å²) < 4.78 is 5.11. The molecule has 1 aliphatic rings. The minimum atomic E-state index is -1.27. The number of nitrogens with one attached hydrogen (secondary N) is 2. The lowest BCUT2D eigenvalue weighted by Gasteiger charge is -2.22. The van der Waals surface area contributed by atoms with E-state index in [-0.39, 0.29) is 0 Å². The number of carbonyl (C=O) groups excluding carboxylic acids is 4. The first-order chi connectivity index (χ1) is 14.3. The summed E-state index contributed by atoms with van der Waals surface area (Å²) in [4.78, 5) is 50.3. The fourth-order valence-corrected chi connectivity index (χ4v) is 3.15. The predicted octanol–water partition coefficient (Wildman–Crippen LogP) is 1.70. The molecule has 1 fully saturated rings. The molecule has 0 aromatic heterocycles. The predicted molar refractivity (Wildman–Crippen MR) is 108 cm³/mol. The molecule has 0 bridgehead atoms. The average Bonchev–Trinajstić information content (AvgIpc) is 2.97. The van der Waals surface area contributed by atoms with Gasteiger partial charge in [-0.15, -0.1) is 0 Å². The molecule has 2 atom stereocenters. The molecular formula is C22H23N3O5. The van der Waals surface area contributed by atoms with E-state index in [2.05, 4.69) is 10.6 Å². The Bertz CT molecular complexity index is 948. The highest BCUT2D eigenvalue weighted by Gasteiger charge is 2.49. The minimum absolute atomic E-state index is 0.296. The van der Waals surface area contributed by atoms with Crippen LogP contribution in [0, 0.1) is 0 Å². The first kappa shape index (κ1) is 21.0. The summed E-state index contributed by atoms with van der Waals surface area (Å²) in [5.74, 6) is -1.88. The van der Waals surface area contributed by atoms with E-state index in [0.717, 1.165) is 10.5 Å². The zero-order chi connectivity index (χ0) is 21.7. The number of esters is 1. The fourth-order valence-electron chi connectivity index (χ4n) is 3.15. The van der Waals surface area contributed by atoms with Crippen molar-refractivity contribution in [2.45, 2.75) is 32.0 Å². The van der Waals surface area contributed by atoms with Crippen molar-refractivity contribution < 1.29 is 23.9 Å². The molecule has 1 saturated heterocycles. The molecule has 0 spiro atoms. The molecule has 0 aliphatic carbocycles. The first-order valence-corrected chi connectivity index (χ1v) is 9.52. The molecule has 2 aromatic carbocycles. The van der Waals surface area contributed by atoms with Gasteiger partial charge in [-0.3, -0.25) is 19.3 Å². The Kier molecular flexibility index (Phi) is 6.15. The number of nitrogens with zero attached hydrogens (tertiary/aromatic N) is 1. The van der Waals surface area contributed by atoms with Gasteiger partial charge in [0.25, 0.3) is 11.8 Å². The van der Waals surface area contributed by atoms with Gasteiger partial charge in [0.05, 0.1) is 0 Å². The molecular weight excluding hydrogens is 386 g/mol. The number of hydrogen-bond donors (Lipinski definition) is 2. The van der Waals surface area contributed by atoms with Crippen molar-refractivity contribution in [1.82, 2.24) is 15.5 Å². The normalized spacial score (nSPS) is 19.2. The molecule has 2 aromatic rings. The zero-order valence-electron chi connectivity index (χ0n) is 16.8. The third-order valence-corrected chi connectivity index (χ3v) is 4.90. The summed E-state index contributed by atoms with van der Waals surface area (Å²) in [6.07, 6.45) is -1.07. The highest BCUT2D eigenvalue weighted by atomic mass is 16.5. The number of amides is 4. The molecule has 8 nitrogen and oxygen atoms in total. The lowest BCUT2D eigenvalue weighted by molar-refractivity contribution is -0.156. The molecule has 0 unspecified atom stereocenters. The zero-order valence-corrected chi connectivity index (χ0v) is 16.8. The number of imide groups is 1. The van der Waals surface area contributed by atoms with E-state index in [9.17, 15) is 19.2 Å². The van der Waals surface area contributed by atoms with Crippen LogP contribution < -0.4 is 10.6 Å². The summed E-state index contributed by atoms with van der Waals surface area (Å²) in [6, 6.07) is 17.4. The standard InChI is InChI=1S/C22H23N3O5/c1-15(19(27)23-13-16-9-5-3-6-10-16)30-18(26)14-25-20(28)22(2,24-21(25)29)17-11-7-4-8-12-17/h3-12,15H,13-14H2,1-2H3,(H,23,27)(H,24,29)/t15-,22-/m0/s1. The van der Waals surface area contributed by atoms with Crippen LogP contribution in [0.25, 0.3) is 0 Å². The van der Waals surface area contributed by atoms with Gasteiger partial charge < -0.3 is 15.4 Å². The van der Waals surface area contributed by atoms with E-state index in [4.69, 9.17) is 4.74 Å². The van der Waals surface area contributed by atoms with E-state index in [1.165, 1.54) is 6.92 Å². The third kappa shape index (κ3) is 4.48. The summed E-state index contributed by atoms with van der Waals surface area (Å²) in [6.45, 7) is 2.72. The van der Waals surface area contributed by atoms with Crippen molar-refractivity contribution >= 4 is 23.8 Å². The van der Waals surface area contributed by atoms with Gasteiger partial charge in [-0.1, -0.05) is 60.7 Å². The molecule has 1 heterocycles. The second-order valence-electron chi connectivity index (χ2n) is 7.15. The van der Waals surface area contributed by atoms with E-state index in [0.29, 0.717) is 12.1 Å². The number of hydrogen-bond acceptors (Lipinski definition) is 5. The monoisotopic (exact) mass is 409 g/mol. The van der Waals surface area contributed by atoms with Gasteiger partial charge in [-0.25, -0.2) is 4.79 Å². The molecule has 4 amide bonds. The van der Waals surface area contributed by atoms with Crippen molar-refractivity contribution in [2.24, 2.45) is 0 Å². The highest BCUT2D eigenvalue weighted by Crippen LogP contribution is 2.28. The van der Waals surface area contributed by atoms with Gasteiger partial charge in [-0.2, -0.15) is 0 Å². The summed E-state index contributed by atoms with van der Waals surface area (Å²) in [7, 11) is 0. The Hall–Kier alpha value is -3.68. The van der Waals surface area contributed by atoms with Crippen LogP contribution >= 0.6 is 0 Å². The van der Waals surface area contributed by atoms with Gasteiger partial charge >= 0.3 is 12.0 Å². The summed E-state index contributed by atoms with van der Waals surface area (Å²) >= 11 is 0. The van der Waals surface area contributed by atoms with E-state index >= 15 is 0 Å². The Labute approximate surface area is 174 Å². The van der Waals surface area contributed by atoms with E-state index < -0.39 is 42.0 Å². The molecule has 1 aliphatic heterocycles. The van der Waals surface area contributed by atoms with Crippen LogP contribution in [0.3, 0.4) is 0 Å². The van der Waals surface area contributed by atoms with Crippen LogP contribution in [0.2, 0.25) is 0 Å². The SMILES string of the molecule is C[C@H](OC(=O)CN1C(=O)N[C@@](C)(c2ccccc2)C1=O)C(=O)NCc1ccccc1. The number of benzene rings is 2. The smallest absolute Gasteiger partial charge is 0.327 e. The number of urea groups is 1. The van der Waals surface area contributed by atoms with Crippen molar-refractivity contribution in [1.29, 1.82) is 0 Å². The van der Waals surface area contributed by atoms with Crippen LogP contribution in [0.5, 0.6) is 0 Å². The van der Waals surface area contributed by atoms with Crippen LogP contribution in [0.4, 0.5) is 4.79 Å². The molecule has 0 saturated carbocycles. The van der Waals surface area contributed by atoms with Crippen LogP contribution in [-0.4, -0.2) is 41.4 Å². The lowest BCUT2D eigenvalue weighted by atomic mass is 9.92. The Morgan fingerprint density at radius 2 is 1.67 bits per heavy atom. The molecule has 156 valence electrons. The maximum absolute atomic E-state index is 12.8. The second kappa shape index (κ2) is 8.77. The molecule has 8 heteroatoms. The summed E-state index contributed by atoms with van der Waals surface area (Å²) in [5, 5.41) is 5.29. The Morgan fingerprint density at radius 1 is 1.07 bits per heavy atom. The summed E-state index contributed by atoms with van der Waals surface area (Å²) in [5.41, 5.74) is 0.244. The Balaban J connectivity index is 1.55.